The quantitative estimate of drug-likeness (QED) is 0.760. The minimum Gasteiger partial charge on any atom is -0.395 e. The fourth-order valence-corrected chi connectivity index (χ4v) is 3.50. The Hall–Kier alpha value is -2.69. The summed E-state index contributed by atoms with van der Waals surface area (Å²) in [6.45, 7) is 3.21. The van der Waals surface area contributed by atoms with Crippen LogP contribution in [0.25, 0.3) is 10.9 Å². The van der Waals surface area contributed by atoms with Crippen molar-refractivity contribution in [3.8, 4) is 6.07 Å². The second kappa shape index (κ2) is 7.68. The maximum absolute atomic E-state index is 13.1. The van der Waals surface area contributed by atoms with Gasteiger partial charge in [-0.2, -0.15) is 5.26 Å². The van der Waals surface area contributed by atoms with Gasteiger partial charge < -0.3 is 20.3 Å². The SMILES string of the molecule is Cc1ccc2c(N(CCO)C(=O)C3CCNCC3)c(C#N)c(=O)[nH]c2c1. The first-order chi connectivity index (χ1) is 12.6. The molecule has 1 amide bonds. The van der Waals surface area contributed by atoms with Gasteiger partial charge in [-0.15, -0.1) is 0 Å². The van der Waals surface area contributed by atoms with Gasteiger partial charge in [0.1, 0.15) is 11.6 Å². The molecule has 0 radical (unpaired) electrons. The van der Waals surface area contributed by atoms with Crippen LogP contribution in [0.5, 0.6) is 0 Å². The summed E-state index contributed by atoms with van der Waals surface area (Å²) in [5, 5.41) is 22.9. The highest BCUT2D eigenvalue weighted by molar-refractivity contribution is 6.05. The van der Waals surface area contributed by atoms with Crippen molar-refractivity contribution in [2.24, 2.45) is 5.92 Å². The molecule has 1 aromatic heterocycles. The number of pyridine rings is 1. The van der Waals surface area contributed by atoms with Gasteiger partial charge in [0, 0.05) is 17.8 Å². The number of carbonyl (C=O) groups is 1. The summed E-state index contributed by atoms with van der Waals surface area (Å²) in [7, 11) is 0. The number of nitriles is 1. The van der Waals surface area contributed by atoms with Crippen molar-refractivity contribution < 1.29 is 9.90 Å². The monoisotopic (exact) mass is 354 g/mol. The van der Waals surface area contributed by atoms with Gasteiger partial charge in [0.15, 0.2) is 0 Å². The van der Waals surface area contributed by atoms with Crippen LogP contribution in [0, 0.1) is 24.2 Å². The molecule has 3 N–H and O–H groups in total. The molecule has 136 valence electrons. The number of aromatic amines is 1. The number of nitrogens with one attached hydrogen (secondary N) is 2. The molecule has 3 rings (SSSR count). The molecule has 2 heterocycles. The predicted molar refractivity (Wildman–Crippen MR) is 99.1 cm³/mol. The third kappa shape index (κ3) is 3.34. The zero-order chi connectivity index (χ0) is 18.7. The van der Waals surface area contributed by atoms with E-state index in [1.807, 2.05) is 25.1 Å². The largest absolute Gasteiger partial charge is 0.395 e. The molecule has 0 bridgehead atoms. The number of H-pyrrole nitrogens is 1. The van der Waals surface area contributed by atoms with Crippen molar-refractivity contribution >= 4 is 22.5 Å². The molecule has 0 unspecified atom stereocenters. The van der Waals surface area contributed by atoms with Gasteiger partial charge in [0.2, 0.25) is 5.91 Å². The van der Waals surface area contributed by atoms with E-state index in [-0.39, 0.29) is 30.5 Å². The summed E-state index contributed by atoms with van der Waals surface area (Å²) in [6.07, 6.45) is 1.39. The van der Waals surface area contributed by atoms with Crippen LogP contribution in [0.1, 0.15) is 24.0 Å². The Labute approximate surface area is 151 Å². The average molecular weight is 354 g/mol. The minimum absolute atomic E-state index is 0.0455. The Morgan fingerprint density at radius 3 is 2.77 bits per heavy atom. The number of aromatic nitrogens is 1. The van der Waals surface area contributed by atoms with Gasteiger partial charge in [0.25, 0.3) is 5.56 Å². The molecule has 1 aliphatic rings. The number of aliphatic hydroxyl groups excluding tert-OH is 1. The first-order valence-electron chi connectivity index (χ1n) is 8.76. The molecule has 1 fully saturated rings. The Balaban J connectivity index is 2.19. The number of carbonyl (C=O) groups excluding carboxylic acids is 1. The van der Waals surface area contributed by atoms with E-state index >= 15 is 0 Å². The van der Waals surface area contributed by atoms with Crippen LogP contribution >= 0.6 is 0 Å². The van der Waals surface area contributed by atoms with E-state index in [1.165, 1.54) is 4.90 Å². The molecular weight excluding hydrogens is 332 g/mol. The van der Waals surface area contributed by atoms with Crippen LogP contribution in [0.15, 0.2) is 23.0 Å². The van der Waals surface area contributed by atoms with Crippen molar-refractivity contribution in [2.75, 3.05) is 31.1 Å². The normalized spacial score (nSPS) is 15.0. The summed E-state index contributed by atoms with van der Waals surface area (Å²) in [5.41, 5.74) is 1.20. The van der Waals surface area contributed by atoms with Crippen molar-refractivity contribution in [2.45, 2.75) is 19.8 Å². The molecule has 1 aromatic carbocycles. The van der Waals surface area contributed by atoms with Gasteiger partial charge in [0.05, 0.1) is 17.8 Å². The number of rotatable bonds is 4. The fourth-order valence-electron chi connectivity index (χ4n) is 3.50. The zero-order valence-electron chi connectivity index (χ0n) is 14.7. The lowest BCUT2D eigenvalue weighted by atomic mass is 9.95. The highest BCUT2D eigenvalue weighted by atomic mass is 16.3. The van der Waals surface area contributed by atoms with Gasteiger partial charge in [-0.3, -0.25) is 9.59 Å². The molecule has 7 heteroatoms. The fraction of sp³-hybridized carbons (Fsp3) is 0.421. The Morgan fingerprint density at radius 2 is 2.12 bits per heavy atom. The van der Waals surface area contributed by atoms with Crippen LogP contribution in [-0.4, -0.2) is 42.2 Å². The van der Waals surface area contributed by atoms with Gasteiger partial charge in [-0.1, -0.05) is 12.1 Å². The standard InChI is InChI=1S/C19H22N4O3/c1-12-2-3-14-16(10-12)22-18(25)15(11-20)17(14)23(8-9-24)19(26)13-4-6-21-7-5-13/h2-3,10,13,21,24H,4-9H2,1H3,(H,22,25). The summed E-state index contributed by atoms with van der Waals surface area (Å²) < 4.78 is 0. The van der Waals surface area contributed by atoms with Crippen LogP contribution in [0.3, 0.4) is 0 Å². The molecule has 1 saturated heterocycles. The highest BCUT2D eigenvalue weighted by Gasteiger charge is 2.30. The lowest BCUT2D eigenvalue weighted by molar-refractivity contribution is -0.123. The predicted octanol–water partition coefficient (Wildman–Crippen LogP) is 1.03. The van der Waals surface area contributed by atoms with E-state index in [9.17, 15) is 20.0 Å². The smallest absolute Gasteiger partial charge is 0.268 e. The third-order valence-corrected chi connectivity index (χ3v) is 4.80. The second-order valence-corrected chi connectivity index (χ2v) is 6.58. The van der Waals surface area contributed by atoms with Crippen molar-refractivity contribution in [1.82, 2.24) is 10.3 Å². The van der Waals surface area contributed by atoms with Gasteiger partial charge in [-0.05, 0) is 44.5 Å². The van der Waals surface area contributed by atoms with Gasteiger partial charge in [-0.25, -0.2) is 0 Å². The van der Waals surface area contributed by atoms with Crippen LogP contribution < -0.4 is 15.8 Å². The topological polar surface area (TPSA) is 109 Å². The van der Waals surface area contributed by atoms with E-state index in [0.29, 0.717) is 29.4 Å². The molecule has 7 nitrogen and oxygen atoms in total. The molecule has 0 atom stereocenters. The molecule has 1 aliphatic heterocycles. The first kappa shape index (κ1) is 18.1. The first-order valence-corrected chi connectivity index (χ1v) is 8.76. The maximum Gasteiger partial charge on any atom is 0.268 e. The molecule has 0 aliphatic carbocycles. The van der Waals surface area contributed by atoms with Crippen molar-refractivity contribution in [3.05, 3.63) is 39.7 Å². The highest BCUT2D eigenvalue weighted by Crippen LogP contribution is 2.30. The molecule has 2 aromatic rings. The number of nitrogens with zero attached hydrogens (tertiary/aromatic N) is 2. The Morgan fingerprint density at radius 1 is 1.38 bits per heavy atom. The second-order valence-electron chi connectivity index (χ2n) is 6.58. The van der Waals surface area contributed by atoms with E-state index in [1.54, 1.807) is 6.07 Å². The molecule has 0 spiro atoms. The van der Waals surface area contributed by atoms with Crippen molar-refractivity contribution in [3.63, 3.8) is 0 Å². The number of anilines is 1. The van der Waals surface area contributed by atoms with Crippen LogP contribution in [0.2, 0.25) is 0 Å². The van der Waals surface area contributed by atoms with E-state index in [2.05, 4.69) is 10.3 Å². The van der Waals surface area contributed by atoms with Crippen LogP contribution in [0.4, 0.5) is 5.69 Å². The lowest BCUT2D eigenvalue weighted by Crippen LogP contribution is -2.43. The lowest BCUT2D eigenvalue weighted by Gasteiger charge is -2.30. The average Bonchev–Trinajstić information content (AvgIpc) is 2.65. The molecule has 26 heavy (non-hydrogen) atoms. The van der Waals surface area contributed by atoms with Crippen LogP contribution in [-0.2, 0) is 4.79 Å². The van der Waals surface area contributed by atoms with E-state index in [0.717, 1.165) is 18.7 Å². The molecule has 0 saturated carbocycles. The maximum atomic E-state index is 13.1. The molecular formula is C19H22N4O3. The third-order valence-electron chi connectivity index (χ3n) is 4.80. The number of benzene rings is 1. The number of aryl methyl sites for hydroxylation is 1. The number of fused-ring (bicyclic) bond motifs is 1. The Bertz CT molecular complexity index is 923. The van der Waals surface area contributed by atoms with E-state index < -0.39 is 5.56 Å². The van der Waals surface area contributed by atoms with Gasteiger partial charge >= 0.3 is 0 Å². The number of hydrogen-bond acceptors (Lipinski definition) is 5. The number of piperidine rings is 1. The number of hydrogen-bond donors (Lipinski definition) is 3. The summed E-state index contributed by atoms with van der Waals surface area (Å²) in [6, 6.07) is 7.42. The number of aliphatic hydroxyl groups is 1. The summed E-state index contributed by atoms with van der Waals surface area (Å²) in [4.78, 5) is 29.7. The van der Waals surface area contributed by atoms with E-state index in [4.69, 9.17) is 0 Å². The minimum atomic E-state index is -0.526. The Kier molecular flexibility index (Phi) is 5.35. The zero-order valence-corrected chi connectivity index (χ0v) is 14.7. The number of amides is 1. The van der Waals surface area contributed by atoms with Crippen molar-refractivity contribution in [1.29, 1.82) is 5.26 Å². The summed E-state index contributed by atoms with van der Waals surface area (Å²) in [5.74, 6) is -0.335. The summed E-state index contributed by atoms with van der Waals surface area (Å²) >= 11 is 0.